The van der Waals surface area contributed by atoms with Gasteiger partial charge in [0.05, 0.1) is 47.8 Å². The molecule has 2 aromatic carbocycles. The zero-order valence-corrected chi connectivity index (χ0v) is 22.9. The van der Waals surface area contributed by atoms with E-state index in [0.29, 0.717) is 11.5 Å². The van der Waals surface area contributed by atoms with Crippen LogP contribution in [0.3, 0.4) is 0 Å². The van der Waals surface area contributed by atoms with Crippen molar-refractivity contribution in [3.63, 3.8) is 0 Å². The van der Waals surface area contributed by atoms with Crippen LogP contribution in [0, 0.1) is 23.5 Å². The van der Waals surface area contributed by atoms with E-state index in [1.807, 2.05) is 79.7 Å². The molecule has 8 heteroatoms. The summed E-state index contributed by atoms with van der Waals surface area (Å²) in [7, 11) is 1.97. The van der Waals surface area contributed by atoms with E-state index in [4.69, 9.17) is 28.1 Å². The predicted octanol–water partition coefficient (Wildman–Crippen LogP) is 4.82. The van der Waals surface area contributed by atoms with Gasteiger partial charge in [-0.05, 0) is 79.7 Å². The van der Waals surface area contributed by atoms with Crippen molar-refractivity contribution < 1.29 is 28.1 Å². The zero-order chi connectivity index (χ0) is 26.5. The van der Waals surface area contributed by atoms with Gasteiger partial charge in [-0.15, -0.1) is 0 Å². The summed E-state index contributed by atoms with van der Waals surface area (Å²) in [6.45, 7) is 16.0. The van der Waals surface area contributed by atoms with Crippen molar-refractivity contribution in [1.29, 1.82) is 0 Å². The Morgan fingerprint density at radius 2 is 0.861 bits per heavy atom. The highest BCUT2D eigenvalue weighted by Gasteiger charge is 2.51. The maximum absolute atomic E-state index is 6.05. The molecule has 2 aliphatic rings. The number of ether oxygens (including phenoxy) is 2. The van der Waals surface area contributed by atoms with Crippen molar-refractivity contribution in [3.05, 3.63) is 35.4 Å². The van der Waals surface area contributed by atoms with Crippen LogP contribution in [-0.2, 0) is 18.6 Å². The van der Waals surface area contributed by atoms with Crippen LogP contribution in [0.1, 0.15) is 66.5 Å². The molecule has 0 atom stereocenters. The van der Waals surface area contributed by atoms with E-state index < -0.39 is 36.6 Å². The number of fused-ring (bicyclic) bond motifs is 1. The Balaban J connectivity index is 1.77. The molecule has 0 aromatic heterocycles. The van der Waals surface area contributed by atoms with Crippen molar-refractivity contribution in [2.75, 3.05) is 14.2 Å². The first-order valence-electron chi connectivity index (χ1n) is 12.1. The summed E-state index contributed by atoms with van der Waals surface area (Å²) < 4.78 is 35.5. The first-order chi connectivity index (χ1) is 16.7. The normalized spacial score (nSPS) is 20.9. The van der Waals surface area contributed by atoms with Crippen molar-refractivity contribution >= 4 is 25.0 Å². The molecule has 0 spiro atoms. The van der Waals surface area contributed by atoms with Crippen LogP contribution in [0.15, 0.2) is 24.3 Å². The van der Waals surface area contributed by atoms with Crippen molar-refractivity contribution in [2.24, 2.45) is 0 Å². The fourth-order valence-corrected chi connectivity index (χ4v) is 4.03. The molecule has 0 N–H and O–H groups in total. The van der Waals surface area contributed by atoms with Gasteiger partial charge in [-0.2, -0.15) is 0 Å². The number of methoxy groups -OCH3 is 2. The van der Waals surface area contributed by atoms with Crippen LogP contribution in [0.5, 0.6) is 11.5 Å². The van der Waals surface area contributed by atoms with Crippen molar-refractivity contribution in [1.82, 2.24) is 0 Å². The Bertz CT molecular complexity index is 1170. The van der Waals surface area contributed by atoms with E-state index in [1.165, 1.54) is 0 Å². The largest absolute Gasteiger partial charge is 0.551 e. The topological polar surface area (TPSA) is 55.4 Å². The van der Waals surface area contributed by atoms with E-state index >= 15 is 0 Å². The maximum Gasteiger partial charge on any atom is 0.551 e. The first kappa shape index (κ1) is 26.5. The smallest absolute Gasteiger partial charge is 0.495 e. The average molecular weight is 488 g/mol. The van der Waals surface area contributed by atoms with E-state index in [2.05, 4.69) is 23.5 Å². The minimum Gasteiger partial charge on any atom is -0.495 e. The van der Waals surface area contributed by atoms with Crippen LogP contribution >= 0.6 is 0 Å². The molecule has 0 bridgehead atoms. The molecule has 2 saturated heterocycles. The highest BCUT2D eigenvalue weighted by molar-refractivity contribution is 6.56. The van der Waals surface area contributed by atoms with Gasteiger partial charge in [0.15, 0.2) is 0 Å². The first-order valence-corrected chi connectivity index (χ1v) is 12.1. The highest BCUT2D eigenvalue weighted by Crippen LogP contribution is 2.38. The van der Waals surface area contributed by atoms with E-state index in [9.17, 15) is 0 Å². The molecule has 2 fully saturated rings. The number of hydrogen-bond acceptors (Lipinski definition) is 6. The van der Waals surface area contributed by atoms with Gasteiger partial charge in [-0.3, -0.25) is 0 Å². The van der Waals surface area contributed by atoms with Crippen LogP contribution < -0.4 is 9.47 Å². The average Bonchev–Trinajstić information content (AvgIpc) is 3.13. The molecule has 0 aliphatic carbocycles. The summed E-state index contributed by atoms with van der Waals surface area (Å²) in [5.41, 5.74) is -0.382. The van der Waals surface area contributed by atoms with Gasteiger partial charge in [-0.25, -0.2) is 0 Å². The molecule has 6 nitrogen and oxygen atoms in total. The quantitative estimate of drug-likeness (QED) is 0.447. The predicted molar refractivity (Wildman–Crippen MR) is 143 cm³/mol. The lowest BCUT2D eigenvalue weighted by Gasteiger charge is -2.32. The SMILES string of the molecule is COc1ccc2c(C#CB3OC(C)(C)C(C)(C)O3)c(OC)ccc2c1C#CB1OC(C)(C)C(C)(C)O1. The Morgan fingerprint density at radius 3 is 1.14 bits per heavy atom. The zero-order valence-electron chi connectivity index (χ0n) is 22.9. The molecule has 0 saturated carbocycles. The molecule has 0 radical (unpaired) electrons. The maximum atomic E-state index is 6.05. The third kappa shape index (κ3) is 4.60. The summed E-state index contributed by atoms with van der Waals surface area (Å²) in [4.78, 5) is 0. The minimum absolute atomic E-state index is 0.459. The molecule has 188 valence electrons. The van der Waals surface area contributed by atoms with Gasteiger partial charge in [0.2, 0.25) is 0 Å². The Morgan fingerprint density at radius 1 is 0.556 bits per heavy atom. The fraction of sp³-hybridized carbons (Fsp3) is 0.500. The Labute approximate surface area is 215 Å². The van der Waals surface area contributed by atoms with E-state index in [-0.39, 0.29) is 0 Å². The lowest BCUT2D eigenvalue weighted by molar-refractivity contribution is 0.00578. The fourth-order valence-electron chi connectivity index (χ4n) is 4.03. The number of rotatable bonds is 2. The summed E-state index contributed by atoms with van der Waals surface area (Å²) in [6.07, 6.45) is 0. The molecule has 4 rings (SSSR count). The van der Waals surface area contributed by atoms with Crippen molar-refractivity contribution in [3.8, 4) is 35.0 Å². The molecule has 36 heavy (non-hydrogen) atoms. The minimum atomic E-state index is -0.643. The molecule has 0 amide bonds. The van der Waals surface area contributed by atoms with Gasteiger partial charge in [-0.1, -0.05) is 23.5 Å². The van der Waals surface area contributed by atoms with Gasteiger partial charge in [0, 0.05) is 10.8 Å². The van der Waals surface area contributed by atoms with E-state index in [0.717, 1.165) is 21.9 Å². The molecule has 2 heterocycles. The van der Waals surface area contributed by atoms with Gasteiger partial charge >= 0.3 is 14.2 Å². The summed E-state index contributed by atoms with van der Waals surface area (Å²) in [5.74, 6) is 14.1. The Hall–Kier alpha value is -2.61. The highest BCUT2D eigenvalue weighted by atomic mass is 16.7. The lowest BCUT2D eigenvalue weighted by Crippen LogP contribution is -2.41. The second-order valence-corrected chi connectivity index (χ2v) is 11.1. The summed E-state index contributed by atoms with van der Waals surface area (Å²) in [5, 5.41) is 1.77. The summed E-state index contributed by atoms with van der Waals surface area (Å²) >= 11 is 0. The monoisotopic (exact) mass is 488 g/mol. The number of hydrogen-bond donors (Lipinski definition) is 0. The van der Waals surface area contributed by atoms with Crippen LogP contribution in [-0.4, -0.2) is 50.9 Å². The lowest BCUT2D eigenvalue weighted by atomic mass is 9.89. The molecular formula is C28H34B2O6. The van der Waals surface area contributed by atoms with Gasteiger partial charge in [0.1, 0.15) is 11.5 Å². The molecular weight excluding hydrogens is 454 g/mol. The molecule has 0 unspecified atom stereocenters. The van der Waals surface area contributed by atoms with Crippen LogP contribution in [0.4, 0.5) is 0 Å². The van der Waals surface area contributed by atoms with E-state index in [1.54, 1.807) is 14.2 Å². The second kappa shape index (κ2) is 9.05. The molecule has 2 aromatic rings. The van der Waals surface area contributed by atoms with Crippen molar-refractivity contribution in [2.45, 2.75) is 77.8 Å². The standard InChI is InChI=1S/C28H34B2O6/c1-25(2)26(3,4)34-29(33-25)17-15-21-19-11-14-24(32-10)22(20(19)12-13-23(21)31-9)16-18-30-35-27(5,6)28(7,8)36-30/h11-14H,1-10H3. The summed E-state index contributed by atoms with van der Waals surface area (Å²) in [6, 6.07) is 7.70. The van der Waals surface area contributed by atoms with Crippen LogP contribution in [0.25, 0.3) is 10.8 Å². The van der Waals surface area contributed by atoms with Gasteiger partial charge < -0.3 is 28.1 Å². The van der Waals surface area contributed by atoms with Gasteiger partial charge in [0.25, 0.3) is 0 Å². The second-order valence-electron chi connectivity index (χ2n) is 11.1. The number of benzene rings is 2. The van der Waals surface area contributed by atoms with Crippen LogP contribution in [0.2, 0.25) is 0 Å². The third-order valence-corrected chi connectivity index (χ3v) is 7.70. The third-order valence-electron chi connectivity index (χ3n) is 7.70. The Kier molecular flexibility index (Phi) is 6.65. The molecule has 2 aliphatic heterocycles.